The number of hydrogen-bond acceptors (Lipinski definition) is 2. The smallest absolute Gasteiger partial charge is 0.383 e. The molecule has 1 aliphatic heterocycles. The zero-order valence-electron chi connectivity index (χ0n) is 14.0. The van der Waals surface area contributed by atoms with Crippen molar-refractivity contribution in [3.63, 3.8) is 0 Å². The molecule has 0 spiro atoms. The summed E-state index contributed by atoms with van der Waals surface area (Å²) in [6, 6.07) is 20.2. The lowest BCUT2D eigenvalue weighted by Gasteiger charge is -2.29. The number of halogens is 4. The van der Waals surface area contributed by atoms with Gasteiger partial charge in [-0.2, -0.15) is 13.2 Å². The number of benzene rings is 3. The summed E-state index contributed by atoms with van der Waals surface area (Å²) in [6.07, 6.45) is -4.39. The quantitative estimate of drug-likeness (QED) is 0.574. The summed E-state index contributed by atoms with van der Waals surface area (Å²) in [4.78, 5) is 4.75. The zero-order chi connectivity index (χ0) is 19.2. The fourth-order valence-electron chi connectivity index (χ4n) is 3.54. The minimum atomic E-state index is -4.39. The first-order valence-electron chi connectivity index (χ1n) is 8.21. The molecule has 0 fully saturated rings. The number of nitrogens with zero attached hydrogens (tertiary/aromatic N) is 1. The predicted molar refractivity (Wildman–Crippen MR) is 103 cm³/mol. The van der Waals surface area contributed by atoms with Crippen molar-refractivity contribution in [3.05, 3.63) is 105 Å². The van der Waals surface area contributed by atoms with Crippen LogP contribution < -0.4 is 5.73 Å². The van der Waals surface area contributed by atoms with Crippen LogP contribution in [-0.4, -0.2) is 5.84 Å². The van der Waals surface area contributed by atoms with E-state index in [1.807, 2.05) is 48.5 Å². The minimum absolute atomic E-state index is 0.366. The summed E-state index contributed by atoms with van der Waals surface area (Å²) in [5.41, 5.74) is 7.59. The molecule has 0 amide bonds. The Kier molecular flexibility index (Phi) is 4.11. The molecule has 3 aromatic carbocycles. The van der Waals surface area contributed by atoms with Gasteiger partial charge in [0.2, 0.25) is 0 Å². The van der Waals surface area contributed by atoms with E-state index >= 15 is 0 Å². The second-order valence-corrected chi connectivity index (χ2v) is 7.25. The number of fused-ring (bicyclic) bond motifs is 1. The Bertz CT molecular complexity index is 1040. The fourth-order valence-corrected chi connectivity index (χ4v) is 3.94. The molecule has 0 saturated carbocycles. The molecule has 0 bridgehead atoms. The molecule has 1 aliphatic rings. The monoisotopic (exact) mass is 430 g/mol. The minimum Gasteiger partial charge on any atom is -0.383 e. The summed E-state index contributed by atoms with van der Waals surface area (Å²) in [5, 5.41) is 0. The van der Waals surface area contributed by atoms with E-state index in [-0.39, 0.29) is 0 Å². The van der Waals surface area contributed by atoms with Gasteiger partial charge in [0.25, 0.3) is 0 Å². The van der Waals surface area contributed by atoms with Gasteiger partial charge in [0.15, 0.2) is 0 Å². The first kappa shape index (κ1) is 17.8. The molecule has 3 aromatic rings. The Morgan fingerprint density at radius 3 is 2.22 bits per heavy atom. The van der Waals surface area contributed by atoms with Crippen molar-refractivity contribution in [2.75, 3.05) is 0 Å². The van der Waals surface area contributed by atoms with Gasteiger partial charge in [-0.3, -0.25) is 0 Å². The van der Waals surface area contributed by atoms with Crippen LogP contribution in [0.25, 0.3) is 0 Å². The Balaban J connectivity index is 2.00. The highest BCUT2D eigenvalue weighted by molar-refractivity contribution is 9.10. The van der Waals surface area contributed by atoms with Crippen LogP contribution in [-0.2, 0) is 11.7 Å². The van der Waals surface area contributed by atoms with Crippen molar-refractivity contribution in [1.29, 1.82) is 0 Å². The van der Waals surface area contributed by atoms with Crippen LogP contribution in [0.4, 0.5) is 13.2 Å². The Hall–Kier alpha value is -2.60. The molecule has 6 heteroatoms. The van der Waals surface area contributed by atoms with Crippen LogP contribution in [0, 0.1) is 0 Å². The zero-order valence-corrected chi connectivity index (χ0v) is 15.6. The SMILES string of the molecule is NC1=NC(c2ccc(C(F)(F)F)cc2)(c2cccc(Br)c2)c2ccccc21. The molecule has 27 heavy (non-hydrogen) atoms. The third-order valence-corrected chi connectivity index (χ3v) is 5.25. The Labute approximate surface area is 162 Å². The number of rotatable bonds is 2. The molecule has 1 atom stereocenters. The first-order valence-corrected chi connectivity index (χ1v) is 9.00. The molecule has 0 radical (unpaired) electrons. The summed E-state index contributed by atoms with van der Waals surface area (Å²) < 4.78 is 39.9. The Morgan fingerprint density at radius 2 is 1.56 bits per heavy atom. The molecule has 2 N–H and O–H groups in total. The van der Waals surface area contributed by atoms with Gasteiger partial charge in [0.1, 0.15) is 11.4 Å². The number of amidine groups is 1. The highest BCUT2D eigenvalue weighted by atomic mass is 79.9. The van der Waals surface area contributed by atoms with Crippen LogP contribution in [0.1, 0.15) is 27.8 Å². The van der Waals surface area contributed by atoms with Crippen LogP contribution in [0.5, 0.6) is 0 Å². The van der Waals surface area contributed by atoms with Gasteiger partial charge < -0.3 is 5.73 Å². The third-order valence-electron chi connectivity index (χ3n) is 4.75. The van der Waals surface area contributed by atoms with Gasteiger partial charge in [-0.1, -0.05) is 64.5 Å². The lowest BCUT2D eigenvalue weighted by Crippen LogP contribution is -2.25. The normalized spacial score (nSPS) is 18.9. The number of hydrogen-bond donors (Lipinski definition) is 1. The standard InChI is InChI=1S/C21H14BrF3N2/c22-16-5-3-4-15(12-16)20(13-8-10-14(11-9-13)21(23,24)25)18-7-2-1-6-17(18)19(26)27-20/h1-12H,(H2,26,27). The Morgan fingerprint density at radius 1 is 0.852 bits per heavy atom. The van der Waals surface area contributed by atoms with E-state index in [4.69, 9.17) is 10.7 Å². The molecule has 2 nitrogen and oxygen atoms in total. The largest absolute Gasteiger partial charge is 0.416 e. The lowest BCUT2D eigenvalue weighted by molar-refractivity contribution is -0.137. The molecule has 136 valence electrons. The van der Waals surface area contributed by atoms with Gasteiger partial charge in [0, 0.05) is 10.0 Å². The number of alkyl halides is 3. The molecule has 4 rings (SSSR count). The van der Waals surface area contributed by atoms with Gasteiger partial charge in [-0.15, -0.1) is 0 Å². The van der Waals surface area contributed by atoms with Gasteiger partial charge >= 0.3 is 6.18 Å². The second-order valence-electron chi connectivity index (χ2n) is 6.34. The van der Waals surface area contributed by atoms with E-state index in [1.54, 1.807) is 0 Å². The van der Waals surface area contributed by atoms with Crippen molar-refractivity contribution in [2.24, 2.45) is 10.7 Å². The number of aliphatic imine (C=N–C) groups is 1. The summed E-state index contributed by atoms with van der Waals surface area (Å²) >= 11 is 3.47. The molecule has 0 aromatic heterocycles. The van der Waals surface area contributed by atoms with Crippen molar-refractivity contribution in [3.8, 4) is 0 Å². The van der Waals surface area contributed by atoms with Gasteiger partial charge in [-0.05, 0) is 41.0 Å². The predicted octanol–water partition coefficient (Wildman–Crippen LogP) is 5.48. The molecular formula is C21H14BrF3N2. The van der Waals surface area contributed by atoms with E-state index in [0.29, 0.717) is 11.4 Å². The lowest BCUT2D eigenvalue weighted by atomic mass is 9.77. The third kappa shape index (κ3) is 2.84. The van der Waals surface area contributed by atoms with Crippen LogP contribution >= 0.6 is 15.9 Å². The molecular weight excluding hydrogens is 417 g/mol. The first-order chi connectivity index (χ1) is 12.8. The highest BCUT2D eigenvalue weighted by Gasteiger charge is 2.43. The average molecular weight is 431 g/mol. The van der Waals surface area contributed by atoms with Crippen molar-refractivity contribution in [1.82, 2.24) is 0 Å². The molecule has 0 aliphatic carbocycles. The second kappa shape index (κ2) is 6.23. The molecule has 1 unspecified atom stereocenters. The van der Waals surface area contributed by atoms with E-state index in [9.17, 15) is 13.2 Å². The van der Waals surface area contributed by atoms with Gasteiger partial charge in [0.05, 0.1) is 5.56 Å². The fraction of sp³-hybridized carbons (Fsp3) is 0.0952. The van der Waals surface area contributed by atoms with E-state index in [0.717, 1.165) is 33.3 Å². The van der Waals surface area contributed by atoms with Crippen LogP contribution in [0.15, 0.2) is 82.3 Å². The summed E-state index contributed by atoms with van der Waals surface area (Å²) in [7, 11) is 0. The van der Waals surface area contributed by atoms with Crippen molar-refractivity contribution in [2.45, 2.75) is 11.7 Å². The highest BCUT2D eigenvalue weighted by Crippen LogP contribution is 2.46. The van der Waals surface area contributed by atoms with Crippen molar-refractivity contribution >= 4 is 21.8 Å². The summed E-state index contributed by atoms with van der Waals surface area (Å²) in [5.74, 6) is 0.366. The van der Waals surface area contributed by atoms with E-state index in [1.165, 1.54) is 12.1 Å². The maximum Gasteiger partial charge on any atom is 0.416 e. The maximum absolute atomic E-state index is 13.0. The topological polar surface area (TPSA) is 38.4 Å². The van der Waals surface area contributed by atoms with Gasteiger partial charge in [-0.25, -0.2) is 4.99 Å². The van der Waals surface area contributed by atoms with E-state index in [2.05, 4.69) is 15.9 Å². The van der Waals surface area contributed by atoms with Crippen molar-refractivity contribution < 1.29 is 13.2 Å². The summed E-state index contributed by atoms with van der Waals surface area (Å²) in [6.45, 7) is 0. The van der Waals surface area contributed by atoms with E-state index < -0.39 is 17.3 Å². The maximum atomic E-state index is 13.0. The molecule has 1 heterocycles. The van der Waals surface area contributed by atoms with Crippen LogP contribution in [0.3, 0.4) is 0 Å². The molecule has 0 saturated heterocycles. The van der Waals surface area contributed by atoms with Crippen LogP contribution in [0.2, 0.25) is 0 Å². The average Bonchev–Trinajstić information content (AvgIpc) is 2.95. The number of nitrogens with two attached hydrogens (primary N) is 1.